The second kappa shape index (κ2) is 10.2. The van der Waals surface area contributed by atoms with Gasteiger partial charge in [0.1, 0.15) is 11.5 Å². The Balaban J connectivity index is 2.00. The van der Waals surface area contributed by atoms with Crippen LogP contribution in [0.15, 0.2) is 47.6 Å². The summed E-state index contributed by atoms with van der Waals surface area (Å²) in [5.74, 6) is -0.743. The summed E-state index contributed by atoms with van der Waals surface area (Å²) >= 11 is 5.96. The van der Waals surface area contributed by atoms with Gasteiger partial charge in [-0.1, -0.05) is 23.7 Å². The van der Waals surface area contributed by atoms with Crippen LogP contribution in [-0.4, -0.2) is 31.2 Å². The Morgan fingerprint density at radius 3 is 2.48 bits per heavy atom. The summed E-state index contributed by atoms with van der Waals surface area (Å²) < 4.78 is 10.9. The molecule has 0 aromatic heterocycles. The van der Waals surface area contributed by atoms with Crippen molar-refractivity contribution in [1.29, 1.82) is 0 Å². The van der Waals surface area contributed by atoms with E-state index in [1.165, 1.54) is 6.21 Å². The number of ether oxygens (including phenoxy) is 2. The molecule has 2 rings (SSSR count). The van der Waals surface area contributed by atoms with E-state index < -0.39 is 11.8 Å². The highest BCUT2D eigenvalue weighted by Gasteiger charge is 2.15. The summed E-state index contributed by atoms with van der Waals surface area (Å²) in [6.45, 7) is 4.58. The molecular formula is C19H20ClN3O4. The number of halogens is 1. The minimum Gasteiger partial charge on any atom is -0.493 e. The van der Waals surface area contributed by atoms with E-state index >= 15 is 0 Å². The topological polar surface area (TPSA) is 89.0 Å². The zero-order valence-corrected chi connectivity index (χ0v) is 15.7. The van der Waals surface area contributed by atoms with Crippen molar-refractivity contribution in [1.82, 2.24) is 5.43 Å². The number of hydrogen-bond acceptors (Lipinski definition) is 5. The van der Waals surface area contributed by atoms with Crippen LogP contribution in [0.1, 0.15) is 19.4 Å². The second-order valence-electron chi connectivity index (χ2n) is 5.20. The highest BCUT2D eigenvalue weighted by molar-refractivity contribution is 6.39. The predicted octanol–water partition coefficient (Wildman–Crippen LogP) is 3.23. The molecule has 2 aromatic rings. The van der Waals surface area contributed by atoms with E-state index in [1.807, 2.05) is 13.8 Å². The number of rotatable bonds is 7. The van der Waals surface area contributed by atoms with Gasteiger partial charge >= 0.3 is 11.8 Å². The summed E-state index contributed by atoms with van der Waals surface area (Å²) in [4.78, 5) is 24.0. The summed E-state index contributed by atoms with van der Waals surface area (Å²) in [6, 6.07) is 11.9. The smallest absolute Gasteiger partial charge is 0.329 e. The third kappa shape index (κ3) is 6.00. The van der Waals surface area contributed by atoms with Crippen LogP contribution in [0.5, 0.6) is 11.5 Å². The SMILES string of the molecule is CCOc1ccc(Cl)cc1/C=N\NC(=O)C(=O)Nc1ccccc1OCC. The third-order valence-electron chi connectivity index (χ3n) is 3.28. The van der Waals surface area contributed by atoms with Gasteiger partial charge in [-0.15, -0.1) is 0 Å². The number of hydrogen-bond donors (Lipinski definition) is 2. The van der Waals surface area contributed by atoms with Crippen molar-refractivity contribution in [3.8, 4) is 11.5 Å². The molecule has 0 saturated carbocycles. The zero-order valence-electron chi connectivity index (χ0n) is 15.0. The van der Waals surface area contributed by atoms with E-state index in [4.69, 9.17) is 21.1 Å². The molecule has 0 heterocycles. The lowest BCUT2D eigenvalue weighted by atomic mass is 10.2. The predicted molar refractivity (Wildman–Crippen MR) is 105 cm³/mol. The van der Waals surface area contributed by atoms with E-state index in [0.717, 1.165) is 0 Å². The van der Waals surface area contributed by atoms with Gasteiger partial charge in [-0.05, 0) is 44.2 Å². The highest BCUT2D eigenvalue weighted by Crippen LogP contribution is 2.23. The fourth-order valence-corrected chi connectivity index (χ4v) is 2.33. The minimum atomic E-state index is -0.919. The van der Waals surface area contributed by atoms with Crippen molar-refractivity contribution >= 4 is 35.3 Å². The number of carbonyl (C=O) groups is 2. The van der Waals surface area contributed by atoms with E-state index in [1.54, 1.807) is 42.5 Å². The van der Waals surface area contributed by atoms with E-state index in [-0.39, 0.29) is 0 Å². The molecule has 0 bridgehead atoms. The van der Waals surface area contributed by atoms with Crippen LogP contribution >= 0.6 is 11.6 Å². The van der Waals surface area contributed by atoms with Crippen LogP contribution in [0, 0.1) is 0 Å². The van der Waals surface area contributed by atoms with E-state index in [9.17, 15) is 9.59 Å². The molecule has 142 valence electrons. The lowest BCUT2D eigenvalue weighted by Gasteiger charge is -2.10. The number of benzene rings is 2. The molecule has 7 nitrogen and oxygen atoms in total. The van der Waals surface area contributed by atoms with E-state index in [0.29, 0.717) is 41.0 Å². The lowest BCUT2D eigenvalue weighted by Crippen LogP contribution is -2.32. The molecule has 0 aliphatic heterocycles. The van der Waals surface area contributed by atoms with Crippen molar-refractivity contribution in [2.75, 3.05) is 18.5 Å². The van der Waals surface area contributed by atoms with Gasteiger partial charge in [0.2, 0.25) is 0 Å². The van der Waals surface area contributed by atoms with Crippen LogP contribution in [0.3, 0.4) is 0 Å². The fraction of sp³-hybridized carbons (Fsp3) is 0.211. The Bertz CT molecular complexity index is 839. The first kappa shape index (κ1) is 20.3. The number of amides is 2. The third-order valence-corrected chi connectivity index (χ3v) is 3.52. The Morgan fingerprint density at radius 1 is 1.04 bits per heavy atom. The van der Waals surface area contributed by atoms with Crippen LogP contribution in [0.4, 0.5) is 5.69 Å². The number of anilines is 1. The molecule has 2 aromatic carbocycles. The van der Waals surface area contributed by atoms with Crippen molar-refractivity contribution in [3.63, 3.8) is 0 Å². The van der Waals surface area contributed by atoms with Gasteiger partial charge in [0.15, 0.2) is 0 Å². The van der Waals surface area contributed by atoms with Crippen LogP contribution in [0.25, 0.3) is 0 Å². The second-order valence-corrected chi connectivity index (χ2v) is 5.63. The molecule has 0 unspecified atom stereocenters. The maximum absolute atomic E-state index is 12.0. The van der Waals surface area contributed by atoms with Gasteiger partial charge in [0.25, 0.3) is 0 Å². The van der Waals surface area contributed by atoms with Crippen LogP contribution in [0.2, 0.25) is 5.02 Å². The first-order valence-corrected chi connectivity index (χ1v) is 8.71. The maximum atomic E-state index is 12.0. The molecule has 8 heteroatoms. The Kier molecular flexibility index (Phi) is 7.63. The molecule has 0 radical (unpaired) electrons. The first-order chi connectivity index (χ1) is 13.0. The van der Waals surface area contributed by atoms with Crippen molar-refractivity contribution < 1.29 is 19.1 Å². The molecule has 0 spiro atoms. The molecule has 0 aliphatic rings. The number of nitrogens with zero attached hydrogens (tertiary/aromatic N) is 1. The molecule has 2 N–H and O–H groups in total. The van der Waals surface area contributed by atoms with Crippen LogP contribution < -0.4 is 20.2 Å². The zero-order chi connectivity index (χ0) is 19.6. The Labute approximate surface area is 162 Å². The molecule has 27 heavy (non-hydrogen) atoms. The molecule has 0 atom stereocenters. The van der Waals surface area contributed by atoms with Gasteiger partial charge in [0, 0.05) is 10.6 Å². The molecular weight excluding hydrogens is 370 g/mol. The average molecular weight is 390 g/mol. The average Bonchev–Trinajstić information content (AvgIpc) is 2.65. The van der Waals surface area contributed by atoms with Gasteiger partial charge in [0.05, 0.1) is 25.1 Å². The Hall–Kier alpha value is -3.06. The van der Waals surface area contributed by atoms with Crippen LogP contribution in [-0.2, 0) is 9.59 Å². The van der Waals surface area contributed by atoms with Gasteiger partial charge in [-0.3, -0.25) is 9.59 Å². The largest absolute Gasteiger partial charge is 0.493 e. The molecule has 0 saturated heterocycles. The summed E-state index contributed by atoms with van der Waals surface area (Å²) in [5.41, 5.74) is 3.15. The number of para-hydroxylation sites is 2. The number of hydrazone groups is 1. The number of nitrogens with one attached hydrogen (secondary N) is 2. The molecule has 0 fully saturated rings. The van der Waals surface area contributed by atoms with E-state index in [2.05, 4.69) is 15.8 Å². The maximum Gasteiger partial charge on any atom is 0.329 e. The lowest BCUT2D eigenvalue weighted by molar-refractivity contribution is -0.136. The van der Waals surface area contributed by atoms with Gasteiger partial charge in [-0.2, -0.15) is 5.10 Å². The highest BCUT2D eigenvalue weighted by atomic mass is 35.5. The number of carbonyl (C=O) groups excluding carboxylic acids is 2. The molecule has 2 amide bonds. The standard InChI is InChI=1S/C19H20ClN3O4/c1-3-26-16-10-9-14(20)11-13(16)12-21-23-19(25)18(24)22-15-7-5-6-8-17(15)27-4-2/h5-12H,3-4H2,1-2H3,(H,22,24)(H,23,25)/b21-12-. The normalized spacial score (nSPS) is 10.5. The quantitative estimate of drug-likeness (QED) is 0.432. The van der Waals surface area contributed by atoms with Crippen molar-refractivity contribution in [3.05, 3.63) is 53.1 Å². The first-order valence-electron chi connectivity index (χ1n) is 8.33. The summed E-state index contributed by atoms with van der Waals surface area (Å²) in [7, 11) is 0. The van der Waals surface area contributed by atoms with Gasteiger partial charge < -0.3 is 14.8 Å². The monoisotopic (exact) mass is 389 g/mol. The van der Waals surface area contributed by atoms with Crippen molar-refractivity contribution in [2.45, 2.75) is 13.8 Å². The molecule has 0 aliphatic carbocycles. The van der Waals surface area contributed by atoms with Gasteiger partial charge in [-0.25, -0.2) is 5.43 Å². The summed E-state index contributed by atoms with van der Waals surface area (Å²) in [5, 5.41) is 6.78. The van der Waals surface area contributed by atoms with Crippen molar-refractivity contribution in [2.24, 2.45) is 5.10 Å². The minimum absolute atomic E-state index is 0.400. The fourth-order valence-electron chi connectivity index (χ4n) is 2.15. The summed E-state index contributed by atoms with van der Waals surface area (Å²) in [6.07, 6.45) is 1.36. The Morgan fingerprint density at radius 2 is 1.74 bits per heavy atom.